The second-order valence-corrected chi connectivity index (χ2v) is 5.90. The van der Waals surface area contributed by atoms with Crippen LogP contribution in [0, 0.1) is 11.2 Å². The first-order valence-electron chi connectivity index (χ1n) is 6.85. The van der Waals surface area contributed by atoms with Crippen molar-refractivity contribution in [2.24, 2.45) is 5.41 Å². The van der Waals surface area contributed by atoms with Crippen LogP contribution >= 0.6 is 0 Å². The Balaban J connectivity index is 2.40. The van der Waals surface area contributed by atoms with Crippen LogP contribution in [0.1, 0.15) is 40.5 Å². The zero-order valence-corrected chi connectivity index (χ0v) is 12.8. The topological polar surface area (TPSA) is 52.6 Å². The molecule has 1 atom stereocenters. The van der Waals surface area contributed by atoms with Crippen molar-refractivity contribution in [2.75, 3.05) is 0 Å². The molecule has 4 nitrogen and oxygen atoms in total. The SMILES string of the molecule is CC(OC(=O)CCC(=O)Oc1ccccc1F)C(C)(C)C. The Bertz CT molecular complexity index is 505. The van der Waals surface area contributed by atoms with Crippen molar-refractivity contribution in [1.29, 1.82) is 0 Å². The number of esters is 2. The molecule has 0 saturated heterocycles. The highest BCUT2D eigenvalue weighted by Gasteiger charge is 2.24. The number of halogens is 1. The molecule has 0 saturated carbocycles. The van der Waals surface area contributed by atoms with Crippen LogP contribution in [0.5, 0.6) is 5.75 Å². The normalized spacial score (nSPS) is 12.6. The molecule has 116 valence electrons. The zero-order chi connectivity index (χ0) is 16.0. The molecule has 1 aromatic carbocycles. The maximum atomic E-state index is 13.3. The van der Waals surface area contributed by atoms with E-state index in [4.69, 9.17) is 9.47 Å². The zero-order valence-electron chi connectivity index (χ0n) is 12.8. The van der Waals surface area contributed by atoms with Crippen LogP contribution in [0.3, 0.4) is 0 Å². The summed E-state index contributed by atoms with van der Waals surface area (Å²) in [6.45, 7) is 7.67. The Morgan fingerprint density at radius 1 is 1.14 bits per heavy atom. The molecule has 0 fully saturated rings. The summed E-state index contributed by atoms with van der Waals surface area (Å²) >= 11 is 0. The molecule has 1 rings (SSSR count). The summed E-state index contributed by atoms with van der Waals surface area (Å²) in [5.74, 6) is -1.89. The molecule has 0 N–H and O–H groups in total. The van der Waals surface area contributed by atoms with Crippen LogP contribution in [0.15, 0.2) is 24.3 Å². The van der Waals surface area contributed by atoms with E-state index in [-0.39, 0.29) is 30.1 Å². The van der Waals surface area contributed by atoms with E-state index in [0.717, 1.165) is 0 Å². The number of carbonyl (C=O) groups is 2. The lowest BCUT2D eigenvalue weighted by molar-refractivity contribution is -0.155. The predicted molar refractivity (Wildman–Crippen MR) is 76.3 cm³/mol. The third-order valence-electron chi connectivity index (χ3n) is 3.12. The first kappa shape index (κ1) is 17.1. The van der Waals surface area contributed by atoms with Crippen molar-refractivity contribution in [2.45, 2.75) is 46.6 Å². The molecular weight excluding hydrogens is 275 g/mol. The minimum atomic E-state index is -0.666. The van der Waals surface area contributed by atoms with Gasteiger partial charge >= 0.3 is 11.9 Å². The number of rotatable bonds is 5. The average molecular weight is 296 g/mol. The summed E-state index contributed by atoms with van der Waals surface area (Å²) in [5, 5.41) is 0. The van der Waals surface area contributed by atoms with E-state index < -0.39 is 17.8 Å². The summed E-state index contributed by atoms with van der Waals surface area (Å²) < 4.78 is 23.3. The van der Waals surface area contributed by atoms with Crippen molar-refractivity contribution in [3.05, 3.63) is 30.1 Å². The van der Waals surface area contributed by atoms with Gasteiger partial charge < -0.3 is 9.47 Å². The molecule has 0 radical (unpaired) electrons. The Morgan fingerprint density at radius 3 is 2.29 bits per heavy atom. The van der Waals surface area contributed by atoms with Crippen LogP contribution in [-0.2, 0) is 14.3 Å². The third-order valence-corrected chi connectivity index (χ3v) is 3.12. The van der Waals surface area contributed by atoms with Gasteiger partial charge in [-0.05, 0) is 24.5 Å². The largest absolute Gasteiger partial charge is 0.462 e. The van der Waals surface area contributed by atoms with Crippen molar-refractivity contribution in [3.63, 3.8) is 0 Å². The highest BCUT2D eigenvalue weighted by atomic mass is 19.1. The molecule has 21 heavy (non-hydrogen) atoms. The quantitative estimate of drug-likeness (QED) is 0.616. The van der Waals surface area contributed by atoms with Crippen molar-refractivity contribution >= 4 is 11.9 Å². The van der Waals surface area contributed by atoms with Crippen molar-refractivity contribution < 1.29 is 23.5 Å². The maximum Gasteiger partial charge on any atom is 0.311 e. The van der Waals surface area contributed by atoms with Crippen LogP contribution < -0.4 is 4.74 Å². The van der Waals surface area contributed by atoms with Crippen LogP contribution in [0.4, 0.5) is 4.39 Å². The molecule has 0 aliphatic rings. The molecule has 0 aliphatic heterocycles. The maximum absolute atomic E-state index is 13.3. The highest BCUT2D eigenvalue weighted by Crippen LogP contribution is 2.22. The number of ether oxygens (including phenoxy) is 2. The Kier molecular flexibility index (Phi) is 5.88. The standard InChI is InChI=1S/C16H21FO4/c1-11(16(2,3)4)20-14(18)9-10-15(19)21-13-8-6-5-7-12(13)17/h5-8,11H,9-10H2,1-4H3. The number of benzene rings is 1. The Labute approximate surface area is 124 Å². The first-order valence-corrected chi connectivity index (χ1v) is 6.85. The van der Waals surface area contributed by atoms with E-state index in [9.17, 15) is 14.0 Å². The molecule has 0 heterocycles. The molecule has 5 heteroatoms. The van der Waals surface area contributed by atoms with Gasteiger partial charge in [-0.3, -0.25) is 9.59 Å². The second kappa shape index (κ2) is 7.20. The molecular formula is C16H21FO4. The third kappa shape index (κ3) is 5.94. The van der Waals surface area contributed by atoms with Gasteiger partial charge in [-0.25, -0.2) is 4.39 Å². The summed E-state index contributed by atoms with van der Waals surface area (Å²) in [7, 11) is 0. The van der Waals surface area contributed by atoms with Gasteiger partial charge in [0.15, 0.2) is 11.6 Å². The van der Waals surface area contributed by atoms with Gasteiger partial charge in [0.25, 0.3) is 0 Å². The van der Waals surface area contributed by atoms with Crippen LogP contribution in [0.25, 0.3) is 0 Å². The Morgan fingerprint density at radius 2 is 1.71 bits per heavy atom. The van der Waals surface area contributed by atoms with Gasteiger partial charge in [-0.2, -0.15) is 0 Å². The summed E-state index contributed by atoms with van der Waals surface area (Å²) in [5.41, 5.74) is -0.163. The highest BCUT2D eigenvalue weighted by molar-refractivity contribution is 5.79. The van der Waals surface area contributed by atoms with Gasteiger partial charge in [0.2, 0.25) is 0 Å². The van der Waals surface area contributed by atoms with E-state index in [1.165, 1.54) is 18.2 Å². The lowest BCUT2D eigenvalue weighted by Crippen LogP contribution is -2.29. The first-order chi connectivity index (χ1) is 9.70. The fourth-order valence-electron chi connectivity index (χ4n) is 1.34. The molecule has 0 spiro atoms. The van der Waals surface area contributed by atoms with E-state index in [0.29, 0.717) is 0 Å². The second-order valence-electron chi connectivity index (χ2n) is 5.90. The van der Waals surface area contributed by atoms with Crippen molar-refractivity contribution in [3.8, 4) is 5.75 Å². The summed E-state index contributed by atoms with van der Waals surface area (Å²) in [6.07, 6.45) is -0.495. The van der Waals surface area contributed by atoms with Gasteiger partial charge in [0, 0.05) is 0 Å². The predicted octanol–water partition coefficient (Wildman–Crippen LogP) is 3.49. The van der Waals surface area contributed by atoms with E-state index >= 15 is 0 Å². The van der Waals surface area contributed by atoms with E-state index in [1.807, 2.05) is 20.8 Å². The average Bonchev–Trinajstić information content (AvgIpc) is 2.38. The van der Waals surface area contributed by atoms with Gasteiger partial charge in [0.1, 0.15) is 6.10 Å². The Hall–Kier alpha value is -1.91. The fourth-order valence-corrected chi connectivity index (χ4v) is 1.34. The molecule has 1 unspecified atom stereocenters. The molecule has 0 amide bonds. The van der Waals surface area contributed by atoms with Crippen molar-refractivity contribution in [1.82, 2.24) is 0 Å². The molecule has 0 aromatic heterocycles. The minimum absolute atomic E-state index is 0.0896. The van der Waals surface area contributed by atoms with Gasteiger partial charge in [-0.1, -0.05) is 32.9 Å². The summed E-state index contributed by atoms with van der Waals surface area (Å²) in [4.78, 5) is 23.2. The number of carbonyl (C=O) groups excluding carboxylic acids is 2. The van der Waals surface area contributed by atoms with E-state index in [1.54, 1.807) is 13.0 Å². The lowest BCUT2D eigenvalue weighted by atomic mass is 9.90. The fraction of sp³-hybridized carbons (Fsp3) is 0.500. The smallest absolute Gasteiger partial charge is 0.311 e. The lowest BCUT2D eigenvalue weighted by Gasteiger charge is -2.26. The number of hydrogen-bond acceptors (Lipinski definition) is 4. The van der Waals surface area contributed by atoms with Gasteiger partial charge in [0.05, 0.1) is 12.8 Å². The number of para-hydroxylation sites is 1. The van der Waals surface area contributed by atoms with Gasteiger partial charge in [-0.15, -0.1) is 0 Å². The monoisotopic (exact) mass is 296 g/mol. The van der Waals surface area contributed by atoms with Crippen LogP contribution in [0.2, 0.25) is 0 Å². The number of hydrogen-bond donors (Lipinski definition) is 0. The molecule has 0 bridgehead atoms. The van der Waals surface area contributed by atoms with Crippen LogP contribution in [-0.4, -0.2) is 18.0 Å². The summed E-state index contributed by atoms with van der Waals surface area (Å²) in [6, 6.07) is 5.61. The molecule has 1 aromatic rings. The van der Waals surface area contributed by atoms with E-state index in [2.05, 4.69) is 0 Å². The minimum Gasteiger partial charge on any atom is -0.462 e. The molecule has 0 aliphatic carbocycles.